The van der Waals surface area contributed by atoms with Gasteiger partial charge in [0, 0.05) is 93.7 Å². The third-order valence-electron chi connectivity index (χ3n) is 13.0. The number of sulfonamides is 1. The maximum atomic E-state index is 14.4. The van der Waals surface area contributed by atoms with Crippen molar-refractivity contribution in [1.29, 1.82) is 0 Å². The van der Waals surface area contributed by atoms with Crippen LogP contribution in [0.1, 0.15) is 83.2 Å². The van der Waals surface area contributed by atoms with Gasteiger partial charge in [0.25, 0.3) is 12.4 Å². The molecule has 2 saturated heterocycles. The van der Waals surface area contributed by atoms with E-state index in [9.17, 15) is 27.6 Å². The quantitative estimate of drug-likeness (QED) is 0.0976. The first kappa shape index (κ1) is 50.0. The number of nitrogens with one attached hydrogen (secondary N) is 2. The first-order valence-corrected chi connectivity index (χ1v) is 24.4. The third kappa shape index (κ3) is 11.4. The molecule has 2 fully saturated rings. The predicted octanol–water partition coefficient (Wildman–Crippen LogP) is 6.18. The van der Waals surface area contributed by atoms with Gasteiger partial charge in [-0.1, -0.05) is 64.6 Å². The SMILES string of the molecule is C=CS(=O)(=O)N1CC[C@H](CC(=O)N(C)[C@H](C(=O)N[C@@H](Cc2cccc(-c3ccc4c(c3)c(CC(C)(C)COC=O)c(-c3cccnc3[C@H](C)OC)n4C)c2)C(=O)N2CCCCN2)C(C)C)C1. The van der Waals surface area contributed by atoms with Gasteiger partial charge in [0.2, 0.25) is 21.8 Å². The number of hydrogen-bond acceptors (Lipinski definition) is 10. The van der Waals surface area contributed by atoms with E-state index in [0.717, 1.165) is 68.4 Å². The van der Waals surface area contributed by atoms with Crippen molar-refractivity contribution >= 4 is 45.1 Å². The van der Waals surface area contributed by atoms with Crippen LogP contribution in [0.25, 0.3) is 33.3 Å². The van der Waals surface area contributed by atoms with E-state index in [2.05, 4.69) is 66.1 Å². The number of ether oxygens (including phenoxy) is 2. The molecule has 0 spiro atoms. The van der Waals surface area contributed by atoms with E-state index < -0.39 is 33.4 Å². The second kappa shape index (κ2) is 21.5. The topological polar surface area (TPSA) is 172 Å². The Hall–Kier alpha value is -5.42. The van der Waals surface area contributed by atoms with Gasteiger partial charge in [0.15, 0.2) is 0 Å². The van der Waals surface area contributed by atoms with Crippen molar-refractivity contribution in [3.05, 3.63) is 89.6 Å². The molecule has 0 radical (unpaired) electrons. The zero-order valence-corrected chi connectivity index (χ0v) is 40.5. The summed E-state index contributed by atoms with van der Waals surface area (Å²) >= 11 is 0. The van der Waals surface area contributed by atoms with Gasteiger partial charge in [-0.3, -0.25) is 29.2 Å². The van der Waals surface area contributed by atoms with E-state index in [4.69, 9.17) is 14.5 Å². The number of rotatable bonds is 20. The second-order valence-electron chi connectivity index (χ2n) is 18.9. The van der Waals surface area contributed by atoms with Crippen molar-refractivity contribution < 1.29 is 37.1 Å². The molecule has 16 heteroatoms. The molecule has 356 valence electrons. The molecule has 4 aromatic rings. The van der Waals surface area contributed by atoms with Crippen LogP contribution in [-0.4, -0.2) is 115 Å². The van der Waals surface area contributed by atoms with Gasteiger partial charge in [-0.15, -0.1) is 0 Å². The second-order valence-corrected chi connectivity index (χ2v) is 20.8. The zero-order chi connectivity index (χ0) is 47.9. The zero-order valence-electron chi connectivity index (χ0n) is 39.7. The maximum absolute atomic E-state index is 14.4. The minimum Gasteiger partial charge on any atom is -0.467 e. The first-order valence-electron chi connectivity index (χ1n) is 22.9. The minimum atomic E-state index is -3.59. The maximum Gasteiger partial charge on any atom is 0.293 e. The number of nitrogens with zero attached hydrogens (tertiary/aromatic N) is 5. The Morgan fingerprint density at radius 2 is 1.82 bits per heavy atom. The highest BCUT2D eigenvalue weighted by Gasteiger charge is 2.37. The van der Waals surface area contributed by atoms with Crippen molar-refractivity contribution in [2.45, 2.75) is 91.3 Å². The number of pyridine rings is 1. The number of fused-ring (bicyclic) bond motifs is 1. The minimum absolute atomic E-state index is 0.0878. The van der Waals surface area contributed by atoms with Gasteiger partial charge in [0.05, 0.1) is 24.1 Å². The highest BCUT2D eigenvalue weighted by molar-refractivity contribution is 7.92. The van der Waals surface area contributed by atoms with E-state index in [1.807, 2.05) is 52.1 Å². The highest BCUT2D eigenvalue weighted by Crippen LogP contribution is 2.41. The van der Waals surface area contributed by atoms with E-state index in [0.29, 0.717) is 38.9 Å². The number of amides is 3. The largest absolute Gasteiger partial charge is 0.467 e. The number of carbonyl (C=O) groups excluding carboxylic acids is 4. The summed E-state index contributed by atoms with van der Waals surface area (Å²) in [6.45, 7) is 15.7. The fourth-order valence-corrected chi connectivity index (χ4v) is 10.5. The predicted molar refractivity (Wildman–Crippen MR) is 256 cm³/mol. The molecule has 6 rings (SSSR count). The summed E-state index contributed by atoms with van der Waals surface area (Å²) in [6.07, 6.45) is 4.68. The normalized spacial score (nSPS) is 17.3. The van der Waals surface area contributed by atoms with E-state index in [1.54, 1.807) is 25.4 Å². The van der Waals surface area contributed by atoms with Crippen LogP contribution in [0.2, 0.25) is 0 Å². The molecular weight excluding hydrogens is 859 g/mol. The Bertz CT molecular complexity index is 2510. The van der Waals surface area contributed by atoms with Crippen LogP contribution in [0.3, 0.4) is 0 Å². The fraction of sp³-hybridized carbons (Fsp3) is 0.500. The van der Waals surface area contributed by atoms with Crippen molar-refractivity contribution in [3.63, 3.8) is 0 Å². The van der Waals surface area contributed by atoms with Crippen molar-refractivity contribution in [2.75, 3.05) is 46.9 Å². The van der Waals surface area contributed by atoms with E-state index in [1.165, 1.54) is 9.21 Å². The van der Waals surface area contributed by atoms with E-state index >= 15 is 0 Å². The molecule has 0 bridgehead atoms. The summed E-state index contributed by atoms with van der Waals surface area (Å²) < 4.78 is 39.3. The van der Waals surface area contributed by atoms with Crippen LogP contribution in [-0.2, 0) is 58.6 Å². The number of hydrazine groups is 1. The molecule has 0 aliphatic carbocycles. The lowest BCUT2D eigenvalue weighted by molar-refractivity contribution is -0.144. The van der Waals surface area contributed by atoms with E-state index in [-0.39, 0.29) is 55.7 Å². The Kier molecular flexibility index (Phi) is 16.3. The Balaban J connectivity index is 1.31. The van der Waals surface area contributed by atoms with Gasteiger partial charge in [-0.25, -0.2) is 13.8 Å². The molecule has 4 heterocycles. The average Bonchev–Trinajstić information content (AvgIpc) is 3.89. The summed E-state index contributed by atoms with van der Waals surface area (Å²) in [7, 11) is 1.72. The van der Waals surface area contributed by atoms with Crippen molar-refractivity contribution in [3.8, 4) is 22.4 Å². The van der Waals surface area contributed by atoms with Crippen LogP contribution < -0.4 is 10.7 Å². The van der Waals surface area contributed by atoms with Crippen LogP contribution in [0.15, 0.2) is 72.8 Å². The first-order chi connectivity index (χ1) is 31.4. The molecule has 0 unspecified atom stereocenters. The number of aromatic nitrogens is 2. The molecule has 15 nitrogen and oxygen atoms in total. The fourth-order valence-electron chi connectivity index (χ4n) is 9.47. The standard InChI is InChI=1S/C50H67N7O8S/c1-10-66(62,63)56-24-20-36(30-56)27-44(59)55(8)46(33(2)3)48(60)53-42(49(61)57-23-12-11-22-52-57)26-35-15-13-16-37(25-35)38-18-19-43-40(28-38)41(29-50(5,6)31-65-32-58)47(54(43)7)39-17-14-21-51-45(39)34(4)64-9/h10,13-19,21,25,28,32-34,36,42,46,52H,1,11-12,20,22-24,26-27,29-31H2,2-9H3,(H,53,60)/t34-,36+,42-,46-/m0/s1. The molecule has 2 aliphatic rings. The van der Waals surface area contributed by atoms with Gasteiger partial charge in [-0.2, -0.15) is 4.31 Å². The van der Waals surface area contributed by atoms with Gasteiger partial charge < -0.3 is 24.3 Å². The molecule has 4 atom stereocenters. The molecule has 66 heavy (non-hydrogen) atoms. The molecule has 2 aromatic carbocycles. The van der Waals surface area contributed by atoms with Gasteiger partial charge >= 0.3 is 0 Å². The number of aryl methyl sites for hydroxylation is 1. The summed E-state index contributed by atoms with van der Waals surface area (Å²) in [5.41, 5.74) is 10.4. The smallest absolute Gasteiger partial charge is 0.293 e. The van der Waals surface area contributed by atoms with Crippen LogP contribution >= 0.6 is 0 Å². The number of likely N-dealkylation sites (N-methyl/N-ethyl adjacent to an activating group) is 1. The molecule has 0 saturated carbocycles. The number of carbonyl (C=O) groups is 4. The van der Waals surface area contributed by atoms with Crippen molar-refractivity contribution in [2.24, 2.45) is 24.3 Å². The Morgan fingerprint density at radius 1 is 1.06 bits per heavy atom. The molecule has 3 amide bonds. The number of hydrogen-bond donors (Lipinski definition) is 2. The number of methoxy groups -OCH3 is 1. The molecule has 2 N–H and O–H groups in total. The molecule has 2 aliphatic heterocycles. The molecular formula is C50H67N7O8S. The lowest BCUT2D eigenvalue weighted by Crippen LogP contribution is -2.59. The Labute approximate surface area is 389 Å². The summed E-state index contributed by atoms with van der Waals surface area (Å²) in [4.78, 5) is 59.9. The lowest BCUT2D eigenvalue weighted by Gasteiger charge is -2.34. The van der Waals surface area contributed by atoms with Crippen LogP contribution in [0.5, 0.6) is 0 Å². The van der Waals surface area contributed by atoms with Crippen LogP contribution in [0.4, 0.5) is 0 Å². The van der Waals surface area contributed by atoms with Crippen molar-refractivity contribution in [1.82, 2.24) is 34.5 Å². The van der Waals surface area contributed by atoms with Gasteiger partial charge in [-0.05, 0) is 91.0 Å². The lowest BCUT2D eigenvalue weighted by atomic mass is 9.84. The van der Waals surface area contributed by atoms with Gasteiger partial charge in [0.1, 0.15) is 12.1 Å². The third-order valence-corrected chi connectivity index (χ3v) is 14.5. The molecule has 2 aromatic heterocycles. The Morgan fingerprint density at radius 3 is 2.50 bits per heavy atom. The highest BCUT2D eigenvalue weighted by atomic mass is 32.2. The number of benzene rings is 2. The summed E-state index contributed by atoms with van der Waals surface area (Å²) in [5, 5.41) is 6.62. The van der Waals surface area contributed by atoms with Crippen LogP contribution in [0, 0.1) is 17.3 Å². The summed E-state index contributed by atoms with van der Waals surface area (Å²) in [6, 6.07) is 16.5. The average molecular weight is 926 g/mol. The monoisotopic (exact) mass is 925 g/mol. The summed E-state index contributed by atoms with van der Waals surface area (Å²) in [5.74, 6) is -1.45.